The van der Waals surface area contributed by atoms with E-state index in [1.807, 2.05) is 3.28 Å². The van der Waals surface area contributed by atoms with Crippen LogP contribution in [0.25, 0.3) is 6.08 Å². The molecule has 4 rings (SSSR count). The van der Waals surface area contributed by atoms with Gasteiger partial charge in [0, 0.05) is 0 Å². The second-order valence-electron chi connectivity index (χ2n) is 5.94. The van der Waals surface area contributed by atoms with Crippen molar-refractivity contribution in [3.8, 4) is 0 Å². The molecule has 1 aromatic carbocycles. The summed E-state index contributed by atoms with van der Waals surface area (Å²) in [5.74, 6) is 0. The van der Waals surface area contributed by atoms with Crippen LogP contribution in [-0.2, 0) is 20.3 Å². The number of hydrogen-bond donors (Lipinski definition) is 0. The molecule has 3 aliphatic rings. The Morgan fingerprint density at radius 3 is 2.55 bits per heavy atom. The molecule has 104 valence electrons. The van der Waals surface area contributed by atoms with Crippen molar-refractivity contribution in [2.24, 2.45) is 0 Å². The maximum atomic E-state index is 2.53. The zero-order valence-electron chi connectivity index (χ0n) is 11.5. The van der Waals surface area contributed by atoms with Gasteiger partial charge in [-0.25, -0.2) is 0 Å². The third-order valence-electron chi connectivity index (χ3n) is 5.09. The molecule has 1 fully saturated rings. The number of hydrogen-bond acceptors (Lipinski definition) is 0. The first-order valence-electron chi connectivity index (χ1n) is 6.96. The molecule has 1 saturated heterocycles. The van der Waals surface area contributed by atoms with Gasteiger partial charge in [-0.3, -0.25) is 0 Å². The van der Waals surface area contributed by atoms with Crippen LogP contribution in [0.5, 0.6) is 0 Å². The molecule has 20 heavy (non-hydrogen) atoms. The topological polar surface area (TPSA) is 0 Å². The standard InChI is InChI=1S/C9H7.C5H5.C3H6.2ClH.Zr/c1-2-5-9-7-3-6-8(9)4-1;1-2-4-5-3-1;1-3-2;;;/h1-7H;1-3H,4H2;3H,1H2,2H3;2*1H;/q;;;;;+2/p-2. The van der Waals surface area contributed by atoms with Crippen LogP contribution in [0.4, 0.5) is 0 Å². The van der Waals surface area contributed by atoms with E-state index in [1.165, 1.54) is 12.0 Å². The van der Waals surface area contributed by atoms with E-state index in [4.69, 9.17) is 0 Å². The van der Waals surface area contributed by atoms with Crippen molar-refractivity contribution in [3.05, 3.63) is 63.0 Å². The third kappa shape index (κ3) is 2.23. The number of allylic oxidation sites excluding steroid dienone is 5. The zero-order chi connectivity index (χ0) is 12.2. The summed E-state index contributed by atoms with van der Waals surface area (Å²) in [6.07, 6.45) is 13.2. The first-order chi connectivity index (χ1) is 8.82. The van der Waals surface area contributed by atoms with Gasteiger partial charge in [-0.05, 0) is 0 Å². The second-order valence-corrected chi connectivity index (χ2v) is 17.6. The molecule has 0 N–H and O–H groups in total. The van der Waals surface area contributed by atoms with Gasteiger partial charge < -0.3 is 24.8 Å². The van der Waals surface area contributed by atoms with Gasteiger partial charge in [-0.15, -0.1) is 0 Å². The zero-order valence-corrected chi connectivity index (χ0v) is 15.5. The molecule has 0 spiro atoms. The quantitative estimate of drug-likeness (QED) is 0.614. The molecule has 3 atom stereocenters. The molecule has 1 aliphatic heterocycles. The van der Waals surface area contributed by atoms with E-state index in [1.54, 1.807) is 9.69 Å². The van der Waals surface area contributed by atoms with Gasteiger partial charge >= 0.3 is 114 Å². The Morgan fingerprint density at radius 2 is 1.90 bits per heavy atom. The van der Waals surface area contributed by atoms with E-state index in [0.29, 0.717) is 0 Å². The summed E-state index contributed by atoms with van der Waals surface area (Å²) in [5.41, 5.74) is 3.11. The van der Waals surface area contributed by atoms with Crippen LogP contribution in [-0.4, -0.2) is 0 Å². The maximum Gasteiger partial charge on any atom is -1.00 e. The number of benzene rings is 1. The third-order valence-corrected chi connectivity index (χ3v) is 19.6. The molecule has 1 heterocycles. The van der Waals surface area contributed by atoms with E-state index in [2.05, 4.69) is 61.6 Å². The van der Waals surface area contributed by atoms with Crippen molar-refractivity contribution >= 4 is 6.08 Å². The molecule has 0 amide bonds. The fraction of sp³-hybridized carbons (Fsp3) is 0.294. The smallest absolute Gasteiger partial charge is 1.00 e. The fourth-order valence-corrected chi connectivity index (χ4v) is 20.0. The fourth-order valence-electron chi connectivity index (χ4n) is 4.02. The normalized spacial score (nSPS) is 28.9. The average molecular weight is 384 g/mol. The van der Waals surface area contributed by atoms with E-state index < -0.39 is 20.3 Å². The first kappa shape index (κ1) is 16.3. The summed E-state index contributed by atoms with van der Waals surface area (Å²) in [7, 11) is 0. The van der Waals surface area contributed by atoms with E-state index in [9.17, 15) is 0 Å². The SMILES string of the molecule is C[CH]1[CH2][Zr+2]1([C]1=CC=CC1)[CH]1C=Cc2ccccc21.[Cl-].[Cl-]. The predicted octanol–water partition coefficient (Wildman–Crippen LogP) is -0.999. The van der Waals surface area contributed by atoms with E-state index >= 15 is 0 Å². The average Bonchev–Trinajstić information content (AvgIpc) is 2.86. The summed E-state index contributed by atoms with van der Waals surface area (Å²) in [5, 5.41) is 0. The van der Waals surface area contributed by atoms with Crippen LogP contribution in [0.2, 0.25) is 7.75 Å². The molecular weight excluding hydrogens is 366 g/mol. The van der Waals surface area contributed by atoms with E-state index in [-0.39, 0.29) is 24.8 Å². The summed E-state index contributed by atoms with van der Waals surface area (Å²) in [6, 6.07) is 9.03. The van der Waals surface area contributed by atoms with Crippen LogP contribution < -0.4 is 24.8 Å². The second kappa shape index (κ2) is 5.95. The number of halogens is 2. The van der Waals surface area contributed by atoms with Gasteiger partial charge in [0.25, 0.3) is 0 Å². The molecule has 0 nitrogen and oxygen atoms in total. The minimum Gasteiger partial charge on any atom is -1.00 e. The van der Waals surface area contributed by atoms with Crippen LogP contribution >= 0.6 is 0 Å². The monoisotopic (exact) mass is 382 g/mol. The first-order valence-corrected chi connectivity index (χ1v) is 12.8. The van der Waals surface area contributed by atoms with Gasteiger partial charge in [-0.2, -0.15) is 0 Å². The predicted molar refractivity (Wildman–Crippen MR) is 74.3 cm³/mol. The largest absolute Gasteiger partial charge is 1.00 e. The van der Waals surface area contributed by atoms with Gasteiger partial charge in [0.1, 0.15) is 0 Å². The minimum absolute atomic E-state index is 0. The maximum absolute atomic E-state index is 2.53. The Kier molecular flexibility index (Phi) is 4.84. The molecule has 0 bridgehead atoms. The Labute approximate surface area is 138 Å². The van der Waals surface area contributed by atoms with Crippen LogP contribution in [0.1, 0.15) is 28.1 Å². The van der Waals surface area contributed by atoms with Crippen LogP contribution in [0.3, 0.4) is 0 Å². The van der Waals surface area contributed by atoms with Crippen molar-refractivity contribution in [2.75, 3.05) is 0 Å². The van der Waals surface area contributed by atoms with Crippen molar-refractivity contribution in [2.45, 2.75) is 24.7 Å². The number of rotatable bonds is 2. The molecule has 1 aromatic rings. The van der Waals surface area contributed by atoms with Crippen LogP contribution in [0, 0.1) is 0 Å². The minimum atomic E-state index is -2.08. The number of fused-ring (bicyclic) bond motifs is 1. The molecule has 0 aromatic heterocycles. The van der Waals surface area contributed by atoms with Gasteiger partial charge in [-0.1, -0.05) is 0 Å². The van der Waals surface area contributed by atoms with Crippen molar-refractivity contribution in [1.82, 2.24) is 0 Å². The van der Waals surface area contributed by atoms with Crippen molar-refractivity contribution in [3.63, 3.8) is 0 Å². The summed E-state index contributed by atoms with van der Waals surface area (Å²) in [6.45, 7) is 2.50. The summed E-state index contributed by atoms with van der Waals surface area (Å²) < 4.78 is 5.27. The molecule has 0 radical (unpaired) electrons. The molecule has 3 unspecified atom stereocenters. The molecule has 2 aliphatic carbocycles. The van der Waals surface area contributed by atoms with Crippen LogP contribution in [0.15, 0.2) is 51.9 Å². The van der Waals surface area contributed by atoms with Crippen molar-refractivity contribution < 1.29 is 45.1 Å². The Bertz CT molecular complexity index is 603. The Morgan fingerprint density at radius 1 is 1.15 bits per heavy atom. The Hall–Kier alpha value is -0.0969. The van der Waals surface area contributed by atoms with Gasteiger partial charge in [0.05, 0.1) is 0 Å². The van der Waals surface area contributed by atoms with Crippen molar-refractivity contribution in [1.29, 1.82) is 0 Å². The Balaban J connectivity index is 0.000000735. The van der Waals surface area contributed by atoms with Gasteiger partial charge in [0.15, 0.2) is 0 Å². The summed E-state index contributed by atoms with van der Waals surface area (Å²) >= 11 is -2.08. The molecule has 3 heteroatoms. The van der Waals surface area contributed by atoms with E-state index in [0.717, 1.165) is 7.25 Å². The molecule has 0 saturated carbocycles. The summed E-state index contributed by atoms with van der Waals surface area (Å²) in [4.78, 5) is 0. The molecular formula is C17H18Cl2Zr. The van der Waals surface area contributed by atoms with Gasteiger partial charge in [0.2, 0.25) is 0 Å².